The Hall–Kier alpha value is -1.40. The van der Waals surface area contributed by atoms with E-state index in [0.717, 1.165) is 13.1 Å². The van der Waals surface area contributed by atoms with E-state index >= 15 is 0 Å². The molecule has 18 heavy (non-hydrogen) atoms. The molecule has 0 bridgehead atoms. The summed E-state index contributed by atoms with van der Waals surface area (Å²) in [6.07, 6.45) is 3.42. The fraction of sp³-hybridized carbons (Fsp3) is 0.667. The molecule has 1 aliphatic rings. The van der Waals surface area contributed by atoms with Crippen LogP contribution in [0.15, 0.2) is 12.5 Å². The fourth-order valence-electron chi connectivity index (χ4n) is 2.30. The van der Waals surface area contributed by atoms with Crippen molar-refractivity contribution in [2.24, 2.45) is 5.92 Å². The van der Waals surface area contributed by atoms with Crippen molar-refractivity contribution in [2.45, 2.75) is 26.0 Å². The number of imidazole rings is 1. The van der Waals surface area contributed by atoms with Crippen LogP contribution in [0.1, 0.15) is 13.3 Å². The highest BCUT2D eigenvalue weighted by Gasteiger charge is 2.30. The van der Waals surface area contributed by atoms with Crippen LogP contribution in [0.4, 0.5) is 5.82 Å². The summed E-state index contributed by atoms with van der Waals surface area (Å²) in [4.78, 5) is 18.0. The molecule has 1 fully saturated rings. The first kappa shape index (κ1) is 13.0. The molecule has 0 aromatic carbocycles. The second-order valence-electron chi connectivity index (χ2n) is 4.89. The van der Waals surface area contributed by atoms with Gasteiger partial charge >= 0.3 is 0 Å². The Kier molecular flexibility index (Phi) is 3.98. The molecule has 0 saturated carbocycles. The van der Waals surface area contributed by atoms with Gasteiger partial charge in [-0.2, -0.15) is 0 Å². The van der Waals surface area contributed by atoms with Gasteiger partial charge in [0.25, 0.3) is 0 Å². The maximum absolute atomic E-state index is 11.8. The third-order valence-electron chi connectivity index (χ3n) is 3.30. The lowest BCUT2D eigenvalue weighted by Gasteiger charge is -2.12. The fourth-order valence-corrected chi connectivity index (χ4v) is 2.30. The monoisotopic (exact) mass is 252 g/mol. The summed E-state index contributed by atoms with van der Waals surface area (Å²) in [5.74, 6) is 0.502. The molecule has 0 radical (unpaired) electrons. The third-order valence-corrected chi connectivity index (χ3v) is 3.30. The molecule has 0 aliphatic carbocycles. The minimum atomic E-state index is -0.408. The zero-order valence-electron chi connectivity index (χ0n) is 10.8. The Morgan fingerprint density at radius 2 is 2.39 bits per heavy atom. The molecule has 1 aliphatic heterocycles. The number of aromatic nitrogens is 2. The number of nitrogens with zero attached hydrogens (tertiary/aromatic N) is 3. The summed E-state index contributed by atoms with van der Waals surface area (Å²) >= 11 is 0. The number of aliphatic hydroxyl groups excluding tert-OH is 1. The lowest BCUT2D eigenvalue weighted by atomic mass is 10.0. The number of hydrogen-bond donors (Lipinski definition) is 2. The second-order valence-corrected chi connectivity index (χ2v) is 4.89. The normalized spacial score (nSPS) is 24.4. The lowest BCUT2D eigenvalue weighted by Crippen LogP contribution is -2.24. The molecule has 2 N–H and O–H groups in total. The number of amides is 1. The van der Waals surface area contributed by atoms with E-state index in [9.17, 15) is 9.90 Å². The van der Waals surface area contributed by atoms with Gasteiger partial charge in [-0.3, -0.25) is 4.79 Å². The van der Waals surface area contributed by atoms with Gasteiger partial charge in [0.1, 0.15) is 0 Å². The predicted molar refractivity (Wildman–Crippen MR) is 68.1 cm³/mol. The molecule has 0 spiro atoms. The van der Waals surface area contributed by atoms with Crippen LogP contribution in [0.2, 0.25) is 0 Å². The van der Waals surface area contributed by atoms with E-state index in [1.54, 1.807) is 12.5 Å². The number of β-amino-alcohol motifs (C(OH)–C–C–N with tert-alkyl or cyclic N) is 1. The van der Waals surface area contributed by atoms with E-state index in [4.69, 9.17) is 0 Å². The smallest absolute Gasteiger partial charge is 0.225 e. The van der Waals surface area contributed by atoms with Crippen LogP contribution in [-0.2, 0) is 11.3 Å². The average Bonchev–Trinajstić information content (AvgIpc) is 2.86. The van der Waals surface area contributed by atoms with Gasteiger partial charge in [0.2, 0.25) is 5.91 Å². The highest BCUT2D eigenvalue weighted by atomic mass is 16.3. The van der Waals surface area contributed by atoms with Crippen molar-refractivity contribution in [3.05, 3.63) is 12.5 Å². The summed E-state index contributed by atoms with van der Waals surface area (Å²) in [5, 5.41) is 12.5. The average molecular weight is 252 g/mol. The maximum Gasteiger partial charge on any atom is 0.225 e. The highest BCUT2D eigenvalue weighted by Crippen LogP contribution is 2.19. The van der Waals surface area contributed by atoms with Crippen molar-refractivity contribution >= 4 is 11.7 Å². The topological polar surface area (TPSA) is 70.4 Å². The molecule has 1 aromatic rings. The van der Waals surface area contributed by atoms with E-state index in [1.807, 2.05) is 23.4 Å². The zero-order chi connectivity index (χ0) is 13.1. The van der Waals surface area contributed by atoms with Crippen molar-refractivity contribution in [3.63, 3.8) is 0 Å². The number of hydrogen-bond acceptors (Lipinski definition) is 4. The van der Waals surface area contributed by atoms with Crippen molar-refractivity contribution in [2.75, 3.05) is 25.5 Å². The molecule has 2 atom stereocenters. The van der Waals surface area contributed by atoms with Gasteiger partial charge in [-0.05, 0) is 14.0 Å². The van der Waals surface area contributed by atoms with Crippen molar-refractivity contribution in [1.82, 2.24) is 14.5 Å². The number of carbonyl (C=O) groups is 1. The van der Waals surface area contributed by atoms with Gasteiger partial charge in [-0.1, -0.05) is 0 Å². The van der Waals surface area contributed by atoms with Crippen LogP contribution in [0, 0.1) is 5.92 Å². The molecule has 0 unspecified atom stereocenters. The first-order chi connectivity index (χ1) is 8.58. The number of carbonyl (C=O) groups excluding carboxylic acids is 1. The van der Waals surface area contributed by atoms with Gasteiger partial charge < -0.3 is 19.9 Å². The summed E-state index contributed by atoms with van der Waals surface area (Å²) in [5.41, 5.74) is 0. The minimum absolute atomic E-state index is 0.0169. The molecule has 2 rings (SSSR count). The molecule has 1 saturated heterocycles. The number of aliphatic hydroxyl groups is 1. The van der Waals surface area contributed by atoms with E-state index in [1.165, 1.54) is 0 Å². The predicted octanol–water partition coefficient (Wildman–Crippen LogP) is 0.154. The van der Waals surface area contributed by atoms with Crippen LogP contribution in [0.3, 0.4) is 0 Å². The minimum Gasteiger partial charge on any atom is -0.391 e. The lowest BCUT2D eigenvalue weighted by molar-refractivity contribution is -0.117. The molecule has 100 valence electrons. The van der Waals surface area contributed by atoms with Gasteiger partial charge in [-0.15, -0.1) is 0 Å². The molecule has 1 amide bonds. The van der Waals surface area contributed by atoms with E-state index in [-0.39, 0.29) is 11.8 Å². The summed E-state index contributed by atoms with van der Waals surface area (Å²) in [6.45, 7) is 4.24. The van der Waals surface area contributed by atoms with E-state index < -0.39 is 6.10 Å². The number of likely N-dealkylation sites (tertiary alicyclic amines) is 1. The SMILES string of the molecule is CCn1cnc(NC(=O)C[C@@H]2CN(C)C[C@H]2O)c1. The standard InChI is InChI=1S/C12H20N4O2/c1-3-16-7-11(13-8-16)14-12(18)4-9-5-15(2)6-10(9)17/h7-10,17H,3-6H2,1-2H3,(H,14,18)/t9-,10-/m1/s1. The first-order valence-corrected chi connectivity index (χ1v) is 6.26. The molecule has 6 heteroatoms. The largest absolute Gasteiger partial charge is 0.391 e. The third kappa shape index (κ3) is 3.08. The maximum atomic E-state index is 11.8. The van der Waals surface area contributed by atoms with Gasteiger partial charge in [0.05, 0.1) is 12.4 Å². The zero-order valence-corrected chi connectivity index (χ0v) is 10.8. The Balaban J connectivity index is 1.85. The second kappa shape index (κ2) is 5.49. The van der Waals surface area contributed by atoms with Gasteiger partial charge in [0.15, 0.2) is 5.82 Å². The quantitative estimate of drug-likeness (QED) is 0.800. The number of aryl methyl sites for hydroxylation is 1. The van der Waals surface area contributed by atoms with Crippen LogP contribution in [0.25, 0.3) is 0 Å². The summed E-state index contributed by atoms with van der Waals surface area (Å²) < 4.78 is 1.90. The molecular weight excluding hydrogens is 232 g/mol. The van der Waals surface area contributed by atoms with Crippen molar-refractivity contribution in [3.8, 4) is 0 Å². The number of rotatable bonds is 4. The molecule has 1 aromatic heterocycles. The van der Waals surface area contributed by atoms with Crippen LogP contribution in [-0.4, -0.2) is 51.7 Å². The van der Waals surface area contributed by atoms with Crippen LogP contribution >= 0.6 is 0 Å². The first-order valence-electron chi connectivity index (χ1n) is 6.26. The number of likely N-dealkylation sites (N-methyl/N-ethyl adjacent to an activating group) is 1. The van der Waals surface area contributed by atoms with Crippen molar-refractivity contribution in [1.29, 1.82) is 0 Å². The number of anilines is 1. The van der Waals surface area contributed by atoms with E-state index in [0.29, 0.717) is 18.8 Å². The van der Waals surface area contributed by atoms with Crippen LogP contribution in [0.5, 0.6) is 0 Å². The molecule has 2 heterocycles. The van der Waals surface area contributed by atoms with Gasteiger partial charge in [0, 0.05) is 38.2 Å². The number of nitrogens with one attached hydrogen (secondary N) is 1. The Bertz CT molecular complexity index is 418. The molecule has 6 nitrogen and oxygen atoms in total. The summed E-state index contributed by atoms with van der Waals surface area (Å²) in [7, 11) is 1.95. The highest BCUT2D eigenvalue weighted by molar-refractivity contribution is 5.89. The van der Waals surface area contributed by atoms with E-state index in [2.05, 4.69) is 10.3 Å². The van der Waals surface area contributed by atoms with Gasteiger partial charge in [-0.25, -0.2) is 4.98 Å². The summed E-state index contributed by atoms with van der Waals surface area (Å²) in [6, 6.07) is 0. The van der Waals surface area contributed by atoms with Crippen molar-refractivity contribution < 1.29 is 9.90 Å². The Morgan fingerprint density at radius 1 is 1.61 bits per heavy atom. The molecular formula is C12H20N4O2. The Morgan fingerprint density at radius 3 is 2.94 bits per heavy atom. The Labute approximate surface area is 107 Å². The van der Waals surface area contributed by atoms with Crippen LogP contribution < -0.4 is 5.32 Å².